The van der Waals surface area contributed by atoms with Gasteiger partial charge >= 0.3 is 0 Å². The summed E-state index contributed by atoms with van der Waals surface area (Å²) in [5.74, 6) is 0.539. The average Bonchev–Trinajstić information content (AvgIpc) is 2.61. The van der Waals surface area contributed by atoms with E-state index in [0.29, 0.717) is 18.5 Å². The Labute approximate surface area is 119 Å². The van der Waals surface area contributed by atoms with Crippen LogP contribution in [-0.4, -0.2) is 12.0 Å². The van der Waals surface area contributed by atoms with Crippen molar-refractivity contribution in [2.24, 2.45) is 10.7 Å². The summed E-state index contributed by atoms with van der Waals surface area (Å²) in [7, 11) is 0. The standard InChI is InChI=1S/C11H19N3S.HI/c1-4-9(3)14-11(12)13-7-10-8(2)5-6-15-10;/h5-6,9H,4,7H2,1-3H3,(H3,12,13,14);1H. The number of aryl methyl sites for hydroxylation is 1. The van der Waals surface area contributed by atoms with E-state index in [9.17, 15) is 0 Å². The molecule has 0 saturated heterocycles. The van der Waals surface area contributed by atoms with Gasteiger partial charge in [0.2, 0.25) is 0 Å². The van der Waals surface area contributed by atoms with Gasteiger partial charge in [0.1, 0.15) is 0 Å². The second kappa shape index (κ2) is 7.89. The fourth-order valence-corrected chi connectivity index (χ4v) is 1.95. The van der Waals surface area contributed by atoms with Crippen molar-refractivity contribution < 1.29 is 0 Å². The van der Waals surface area contributed by atoms with Crippen LogP contribution in [0.1, 0.15) is 30.7 Å². The SMILES string of the molecule is CCC(C)NC(N)=NCc1sccc1C.I. The Morgan fingerprint density at radius 1 is 1.62 bits per heavy atom. The fourth-order valence-electron chi connectivity index (χ4n) is 1.12. The van der Waals surface area contributed by atoms with Crippen molar-refractivity contribution in [1.82, 2.24) is 5.32 Å². The minimum Gasteiger partial charge on any atom is -0.370 e. The van der Waals surface area contributed by atoms with Crippen molar-refractivity contribution in [3.8, 4) is 0 Å². The molecule has 0 aliphatic carbocycles. The highest BCUT2D eigenvalue weighted by atomic mass is 127. The number of hydrogen-bond acceptors (Lipinski definition) is 2. The Balaban J connectivity index is 0.00000225. The van der Waals surface area contributed by atoms with Gasteiger partial charge in [-0.15, -0.1) is 35.3 Å². The first-order valence-corrected chi connectivity index (χ1v) is 6.10. The molecule has 1 rings (SSSR count). The molecule has 0 radical (unpaired) electrons. The van der Waals surface area contributed by atoms with Gasteiger partial charge in [-0.3, -0.25) is 0 Å². The minimum atomic E-state index is 0. The van der Waals surface area contributed by atoms with Crippen LogP contribution in [-0.2, 0) is 6.54 Å². The third-order valence-electron chi connectivity index (χ3n) is 2.37. The molecule has 0 saturated carbocycles. The van der Waals surface area contributed by atoms with Crippen molar-refractivity contribution >= 4 is 41.3 Å². The molecule has 1 unspecified atom stereocenters. The number of guanidine groups is 1. The van der Waals surface area contributed by atoms with Crippen LogP contribution < -0.4 is 11.1 Å². The highest BCUT2D eigenvalue weighted by molar-refractivity contribution is 14.0. The Kier molecular flexibility index (Phi) is 7.74. The lowest BCUT2D eigenvalue weighted by atomic mass is 10.3. The van der Waals surface area contributed by atoms with E-state index in [1.807, 2.05) is 0 Å². The quantitative estimate of drug-likeness (QED) is 0.497. The predicted octanol–water partition coefficient (Wildman–Crippen LogP) is 2.88. The molecule has 0 aliphatic heterocycles. The maximum Gasteiger partial charge on any atom is 0.189 e. The molecular weight excluding hydrogens is 333 g/mol. The maximum atomic E-state index is 5.76. The van der Waals surface area contributed by atoms with E-state index in [4.69, 9.17) is 5.73 Å². The number of rotatable bonds is 4. The molecular formula is C11H20IN3S. The number of hydrogen-bond donors (Lipinski definition) is 2. The van der Waals surface area contributed by atoms with Gasteiger partial charge in [0, 0.05) is 10.9 Å². The monoisotopic (exact) mass is 353 g/mol. The molecule has 3 nitrogen and oxygen atoms in total. The summed E-state index contributed by atoms with van der Waals surface area (Å²) in [6.07, 6.45) is 1.05. The zero-order valence-electron chi connectivity index (χ0n) is 9.99. The second-order valence-electron chi connectivity index (χ2n) is 3.68. The summed E-state index contributed by atoms with van der Waals surface area (Å²) in [6, 6.07) is 2.49. The Morgan fingerprint density at radius 2 is 2.31 bits per heavy atom. The van der Waals surface area contributed by atoms with E-state index in [1.165, 1.54) is 10.4 Å². The van der Waals surface area contributed by atoms with Crippen LogP contribution in [0.5, 0.6) is 0 Å². The summed E-state index contributed by atoms with van der Waals surface area (Å²) in [4.78, 5) is 5.59. The largest absolute Gasteiger partial charge is 0.370 e. The first kappa shape index (κ1) is 15.7. The highest BCUT2D eigenvalue weighted by Crippen LogP contribution is 2.16. The summed E-state index contributed by atoms with van der Waals surface area (Å²) in [6.45, 7) is 6.99. The van der Waals surface area contributed by atoms with E-state index in [2.05, 4.69) is 42.5 Å². The minimum absolute atomic E-state index is 0. The zero-order valence-corrected chi connectivity index (χ0v) is 13.1. The van der Waals surface area contributed by atoms with E-state index in [-0.39, 0.29) is 24.0 Å². The molecule has 0 fully saturated rings. The van der Waals surface area contributed by atoms with E-state index < -0.39 is 0 Å². The van der Waals surface area contributed by atoms with Gasteiger partial charge in [0.25, 0.3) is 0 Å². The Hall–Kier alpha value is -0.300. The van der Waals surface area contributed by atoms with Gasteiger partial charge in [-0.2, -0.15) is 0 Å². The number of thiophene rings is 1. The van der Waals surface area contributed by atoms with Gasteiger partial charge in [-0.25, -0.2) is 4.99 Å². The lowest BCUT2D eigenvalue weighted by molar-refractivity contribution is 0.636. The molecule has 1 aromatic rings. The molecule has 1 heterocycles. The Morgan fingerprint density at radius 3 is 2.81 bits per heavy atom. The molecule has 0 spiro atoms. The molecule has 5 heteroatoms. The molecule has 1 aromatic heterocycles. The molecule has 92 valence electrons. The van der Waals surface area contributed by atoms with E-state index >= 15 is 0 Å². The average molecular weight is 353 g/mol. The molecule has 16 heavy (non-hydrogen) atoms. The second-order valence-corrected chi connectivity index (χ2v) is 4.68. The molecule has 0 bridgehead atoms. The summed E-state index contributed by atoms with van der Waals surface area (Å²) >= 11 is 1.73. The third kappa shape index (κ3) is 5.16. The lowest BCUT2D eigenvalue weighted by Gasteiger charge is -2.11. The number of nitrogens with zero attached hydrogens (tertiary/aromatic N) is 1. The van der Waals surface area contributed by atoms with Crippen LogP contribution in [0.25, 0.3) is 0 Å². The number of halogens is 1. The van der Waals surface area contributed by atoms with Crippen LogP contribution in [0, 0.1) is 6.92 Å². The molecule has 0 amide bonds. The summed E-state index contributed by atoms with van der Waals surface area (Å²) < 4.78 is 0. The van der Waals surface area contributed by atoms with Gasteiger partial charge in [-0.05, 0) is 37.3 Å². The fraction of sp³-hybridized carbons (Fsp3) is 0.545. The number of nitrogens with one attached hydrogen (secondary N) is 1. The van der Waals surface area contributed by atoms with Crippen molar-refractivity contribution in [2.75, 3.05) is 0 Å². The van der Waals surface area contributed by atoms with Crippen molar-refractivity contribution in [3.05, 3.63) is 21.9 Å². The number of nitrogens with two attached hydrogens (primary N) is 1. The van der Waals surface area contributed by atoms with Gasteiger partial charge in [0.05, 0.1) is 6.54 Å². The molecule has 1 atom stereocenters. The van der Waals surface area contributed by atoms with Crippen LogP contribution in [0.3, 0.4) is 0 Å². The van der Waals surface area contributed by atoms with Gasteiger partial charge in [-0.1, -0.05) is 6.92 Å². The van der Waals surface area contributed by atoms with Gasteiger partial charge in [0.15, 0.2) is 5.96 Å². The van der Waals surface area contributed by atoms with Crippen LogP contribution >= 0.6 is 35.3 Å². The smallest absolute Gasteiger partial charge is 0.189 e. The third-order valence-corrected chi connectivity index (χ3v) is 3.38. The van der Waals surface area contributed by atoms with Crippen molar-refractivity contribution in [1.29, 1.82) is 0 Å². The van der Waals surface area contributed by atoms with Crippen LogP contribution in [0.15, 0.2) is 16.4 Å². The topological polar surface area (TPSA) is 50.4 Å². The normalized spacial score (nSPS) is 13.1. The summed E-state index contributed by atoms with van der Waals surface area (Å²) in [5.41, 5.74) is 7.05. The first-order chi connectivity index (χ1) is 7.13. The highest BCUT2D eigenvalue weighted by Gasteiger charge is 2.01. The number of aliphatic imine (C=N–C) groups is 1. The summed E-state index contributed by atoms with van der Waals surface area (Å²) in [5, 5.41) is 5.23. The van der Waals surface area contributed by atoms with Crippen LogP contribution in [0.2, 0.25) is 0 Å². The lowest BCUT2D eigenvalue weighted by Crippen LogP contribution is -2.38. The molecule has 0 aromatic carbocycles. The van der Waals surface area contributed by atoms with E-state index in [1.54, 1.807) is 11.3 Å². The molecule has 0 aliphatic rings. The maximum absolute atomic E-state index is 5.76. The molecule has 3 N–H and O–H groups in total. The predicted molar refractivity (Wildman–Crippen MR) is 82.7 cm³/mol. The zero-order chi connectivity index (χ0) is 11.3. The van der Waals surface area contributed by atoms with Crippen LogP contribution in [0.4, 0.5) is 0 Å². The van der Waals surface area contributed by atoms with E-state index in [0.717, 1.165) is 6.42 Å². The van der Waals surface area contributed by atoms with Crippen molar-refractivity contribution in [3.63, 3.8) is 0 Å². The van der Waals surface area contributed by atoms with Crippen molar-refractivity contribution in [2.45, 2.75) is 39.8 Å². The first-order valence-electron chi connectivity index (χ1n) is 5.23. The van der Waals surface area contributed by atoms with Gasteiger partial charge < -0.3 is 11.1 Å². The Bertz CT molecular complexity index is 336.